The molecule has 2 amide bonds. The summed E-state index contributed by atoms with van der Waals surface area (Å²) >= 11 is 0. The van der Waals surface area contributed by atoms with Gasteiger partial charge in [0.1, 0.15) is 23.0 Å². The van der Waals surface area contributed by atoms with Crippen molar-refractivity contribution in [2.45, 2.75) is 13.8 Å². The van der Waals surface area contributed by atoms with Crippen LogP contribution < -0.4 is 16.4 Å². The van der Waals surface area contributed by atoms with E-state index in [1.54, 1.807) is 22.8 Å². The molecule has 4 rings (SSSR count). The van der Waals surface area contributed by atoms with Crippen LogP contribution in [0.1, 0.15) is 19.4 Å². The van der Waals surface area contributed by atoms with Crippen molar-refractivity contribution in [3.05, 3.63) is 54.4 Å². The normalized spacial score (nSPS) is 9.97. The Bertz CT molecular complexity index is 1170. The molecule has 0 radical (unpaired) electrons. The summed E-state index contributed by atoms with van der Waals surface area (Å²) in [5.41, 5.74) is 9.25. The molecular formula is C19H19N9O. The number of nitriles is 1. The van der Waals surface area contributed by atoms with Crippen LogP contribution in [-0.4, -0.2) is 31.1 Å². The number of urea groups is 1. The van der Waals surface area contributed by atoms with Crippen molar-refractivity contribution in [1.29, 1.82) is 5.26 Å². The van der Waals surface area contributed by atoms with E-state index in [0.717, 1.165) is 16.6 Å². The summed E-state index contributed by atoms with van der Waals surface area (Å²) in [6, 6.07) is 12.4. The number of anilines is 3. The zero-order valence-corrected chi connectivity index (χ0v) is 15.8. The number of rotatable bonds is 3. The lowest BCUT2D eigenvalue weighted by atomic mass is 10.1. The second kappa shape index (κ2) is 8.53. The Morgan fingerprint density at radius 1 is 1.21 bits per heavy atom. The monoisotopic (exact) mass is 389 g/mol. The van der Waals surface area contributed by atoms with Gasteiger partial charge in [0.15, 0.2) is 5.82 Å². The van der Waals surface area contributed by atoms with Crippen molar-refractivity contribution in [2.75, 3.05) is 16.4 Å². The molecule has 146 valence electrons. The first-order chi connectivity index (χ1) is 14.2. The highest BCUT2D eigenvalue weighted by atomic mass is 16.2. The van der Waals surface area contributed by atoms with Crippen molar-refractivity contribution >= 4 is 28.9 Å². The van der Waals surface area contributed by atoms with Crippen LogP contribution in [0.2, 0.25) is 0 Å². The molecule has 3 aromatic heterocycles. The molecule has 0 aliphatic carbocycles. The molecule has 0 atom stereocenters. The largest absolute Gasteiger partial charge is 0.380 e. The Labute approximate surface area is 166 Å². The smallest absolute Gasteiger partial charge is 0.324 e. The number of carbonyl (C=O) groups excluding carboxylic acids is 1. The fraction of sp³-hybridized carbons (Fsp3) is 0.105. The first kappa shape index (κ1) is 19.4. The minimum atomic E-state index is -0.491. The highest BCUT2D eigenvalue weighted by Crippen LogP contribution is 2.28. The maximum absolute atomic E-state index is 12.1. The van der Waals surface area contributed by atoms with Gasteiger partial charge in [-0.05, 0) is 23.8 Å². The molecule has 3 heterocycles. The van der Waals surface area contributed by atoms with Gasteiger partial charge in [-0.1, -0.05) is 37.3 Å². The van der Waals surface area contributed by atoms with Gasteiger partial charge in [-0.25, -0.2) is 9.31 Å². The number of hydrogen-bond acceptors (Lipinski definition) is 6. The molecule has 5 N–H and O–H groups in total. The molecule has 0 aliphatic heterocycles. The van der Waals surface area contributed by atoms with Gasteiger partial charge in [0.25, 0.3) is 0 Å². The summed E-state index contributed by atoms with van der Waals surface area (Å²) in [4.78, 5) is 12.1. The predicted octanol–water partition coefficient (Wildman–Crippen LogP) is 3.24. The van der Waals surface area contributed by atoms with Crippen LogP contribution in [-0.2, 0) is 0 Å². The van der Waals surface area contributed by atoms with Crippen LogP contribution in [0.5, 0.6) is 0 Å². The Hall–Kier alpha value is -4.39. The molecule has 4 aromatic rings. The Morgan fingerprint density at radius 3 is 2.69 bits per heavy atom. The maximum atomic E-state index is 12.1. The molecule has 0 bridgehead atoms. The number of hydrogen-bond donors (Lipinski definition) is 4. The first-order valence-corrected chi connectivity index (χ1v) is 8.87. The van der Waals surface area contributed by atoms with Crippen molar-refractivity contribution in [1.82, 2.24) is 25.0 Å². The van der Waals surface area contributed by atoms with Crippen LogP contribution in [0, 0.1) is 11.3 Å². The lowest BCUT2D eigenvalue weighted by Gasteiger charge is -2.08. The fourth-order valence-electron chi connectivity index (χ4n) is 2.68. The third-order valence-corrected chi connectivity index (χ3v) is 3.92. The van der Waals surface area contributed by atoms with Crippen LogP contribution >= 0.6 is 0 Å². The van der Waals surface area contributed by atoms with Crippen molar-refractivity contribution in [3.63, 3.8) is 0 Å². The van der Waals surface area contributed by atoms with Gasteiger partial charge in [-0.2, -0.15) is 10.4 Å². The highest BCUT2D eigenvalue weighted by molar-refractivity contribution is 6.00. The topological polar surface area (TPSA) is 150 Å². The highest BCUT2D eigenvalue weighted by Gasteiger charge is 2.11. The van der Waals surface area contributed by atoms with Crippen LogP contribution in [0.15, 0.2) is 48.8 Å². The lowest BCUT2D eigenvalue weighted by Crippen LogP contribution is -2.20. The van der Waals surface area contributed by atoms with Gasteiger partial charge in [0.2, 0.25) is 0 Å². The summed E-state index contributed by atoms with van der Waals surface area (Å²) < 4.78 is 1.61. The average molecular weight is 389 g/mol. The zero-order chi connectivity index (χ0) is 20.8. The van der Waals surface area contributed by atoms with Gasteiger partial charge in [0, 0.05) is 17.4 Å². The van der Waals surface area contributed by atoms with Crippen LogP contribution in [0.3, 0.4) is 0 Å². The Morgan fingerprint density at radius 2 is 1.97 bits per heavy atom. The quantitative estimate of drug-likeness (QED) is 0.422. The number of nitrogen functional groups attached to an aromatic ring is 1. The number of carbonyl (C=O) groups is 1. The summed E-state index contributed by atoms with van der Waals surface area (Å²) in [6.07, 6.45) is 3.11. The fourth-order valence-corrected chi connectivity index (χ4v) is 2.68. The van der Waals surface area contributed by atoms with Crippen molar-refractivity contribution in [3.8, 4) is 17.2 Å². The number of benzene rings is 1. The SMILES string of the molecule is CC.N#Cc1cn[nH]c1NC(=O)Nc1ccc(-c2cccn3nnc(N)c23)cc1. The van der Waals surface area contributed by atoms with Crippen LogP contribution in [0.25, 0.3) is 16.6 Å². The summed E-state index contributed by atoms with van der Waals surface area (Å²) in [7, 11) is 0. The van der Waals surface area contributed by atoms with E-state index in [1.807, 2.05) is 44.2 Å². The molecule has 10 heteroatoms. The number of aromatic nitrogens is 5. The number of H-pyrrole nitrogens is 1. The second-order valence-corrected chi connectivity index (χ2v) is 5.62. The molecule has 10 nitrogen and oxygen atoms in total. The molecule has 1 aromatic carbocycles. The molecule has 29 heavy (non-hydrogen) atoms. The van der Waals surface area contributed by atoms with E-state index < -0.39 is 6.03 Å². The van der Waals surface area contributed by atoms with Gasteiger partial charge >= 0.3 is 6.03 Å². The molecule has 0 fully saturated rings. The maximum Gasteiger partial charge on any atom is 0.324 e. The summed E-state index contributed by atoms with van der Waals surface area (Å²) in [6.45, 7) is 4.00. The number of amides is 2. The van der Waals surface area contributed by atoms with E-state index >= 15 is 0 Å². The minimum Gasteiger partial charge on any atom is -0.380 e. The number of nitrogens with two attached hydrogens (primary N) is 1. The number of aromatic amines is 1. The lowest BCUT2D eigenvalue weighted by molar-refractivity contribution is 0.262. The summed E-state index contributed by atoms with van der Waals surface area (Å²) in [5, 5.41) is 28.3. The molecule has 0 unspecified atom stereocenters. The molecule has 0 saturated carbocycles. The molecule has 0 aliphatic rings. The van der Waals surface area contributed by atoms with E-state index in [4.69, 9.17) is 11.0 Å². The van der Waals surface area contributed by atoms with Gasteiger partial charge < -0.3 is 11.1 Å². The third kappa shape index (κ3) is 3.98. The molecule has 0 saturated heterocycles. The van der Waals surface area contributed by atoms with E-state index in [-0.39, 0.29) is 11.4 Å². The van der Waals surface area contributed by atoms with Crippen LogP contribution in [0.4, 0.5) is 22.1 Å². The predicted molar refractivity (Wildman–Crippen MR) is 110 cm³/mol. The van der Waals surface area contributed by atoms with Gasteiger partial charge in [0.05, 0.1) is 6.20 Å². The zero-order valence-electron chi connectivity index (χ0n) is 15.8. The van der Waals surface area contributed by atoms with Gasteiger partial charge in [-0.3, -0.25) is 10.4 Å². The summed E-state index contributed by atoms with van der Waals surface area (Å²) in [5.74, 6) is 0.585. The number of fused-ring (bicyclic) bond motifs is 1. The van der Waals surface area contributed by atoms with Crippen molar-refractivity contribution < 1.29 is 4.79 Å². The number of nitrogens with one attached hydrogen (secondary N) is 3. The average Bonchev–Trinajstić information content (AvgIpc) is 3.36. The van der Waals surface area contributed by atoms with E-state index in [0.29, 0.717) is 11.5 Å². The van der Waals surface area contributed by atoms with E-state index in [2.05, 4.69) is 31.1 Å². The number of nitrogens with zero attached hydrogens (tertiary/aromatic N) is 5. The van der Waals surface area contributed by atoms with E-state index in [9.17, 15) is 4.79 Å². The Kier molecular flexibility index (Phi) is 5.70. The molecule has 0 spiro atoms. The number of pyridine rings is 1. The van der Waals surface area contributed by atoms with E-state index in [1.165, 1.54) is 6.20 Å². The standard InChI is InChI=1S/C17H13N9O.C2H6/c18-8-11-9-20-24-16(11)22-17(27)21-12-5-3-10(4-6-12)13-2-1-7-26-14(13)15(19)23-25-26;1-2/h1-7,9H,19H2,(H3,20,21,22,24,27);1-2H3. The molecular weight excluding hydrogens is 370 g/mol. The second-order valence-electron chi connectivity index (χ2n) is 5.62. The third-order valence-electron chi connectivity index (χ3n) is 3.92. The first-order valence-electron chi connectivity index (χ1n) is 8.87. The Balaban J connectivity index is 0.00000117. The van der Waals surface area contributed by atoms with Crippen molar-refractivity contribution in [2.24, 2.45) is 0 Å². The minimum absolute atomic E-state index is 0.238. The van der Waals surface area contributed by atoms with Gasteiger partial charge in [-0.15, -0.1) is 5.10 Å².